The van der Waals surface area contributed by atoms with Crippen molar-refractivity contribution in [3.05, 3.63) is 66.7 Å². The third kappa shape index (κ3) is 3.01. The number of carbonyl (C=O) groups excluding carboxylic acids is 1. The zero-order chi connectivity index (χ0) is 13.7. The summed E-state index contributed by atoms with van der Waals surface area (Å²) in [6.07, 6.45) is 3.28. The van der Waals surface area contributed by atoms with Gasteiger partial charge in [-0.3, -0.25) is 9.69 Å². The number of nitrogens with zero attached hydrogens (tertiary/aromatic N) is 1. The predicted molar refractivity (Wildman–Crippen MR) is 79.3 cm³/mol. The monoisotopic (exact) mass is 252 g/mol. The van der Waals surface area contributed by atoms with Crippen molar-refractivity contribution < 1.29 is 4.79 Å². The van der Waals surface area contributed by atoms with Crippen LogP contribution in [0.25, 0.3) is 0 Å². The molecular formula is C16H16N2O. The first kappa shape index (κ1) is 12.9. The third-order valence-electron chi connectivity index (χ3n) is 2.70. The number of anilines is 3. The summed E-state index contributed by atoms with van der Waals surface area (Å²) >= 11 is 0. The van der Waals surface area contributed by atoms with Gasteiger partial charge in [-0.1, -0.05) is 24.3 Å². The van der Waals surface area contributed by atoms with E-state index in [-0.39, 0.29) is 5.91 Å². The van der Waals surface area contributed by atoms with E-state index in [9.17, 15) is 4.79 Å². The van der Waals surface area contributed by atoms with E-state index in [1.807, 2.05) is 49.4 Å². The van der Waals surface area contributed by atoms with Gasteiger partial charge >= 0.3 is 0 Å². The number of allylic oxidation sites excluding steroid dienone is 1. The summed E-state index contributed by atoms with van der Waals surface area (Å²) in [6.45, 7) is 1.82. The highest BCUT2D eigenvalue weighted by molar-refractivity contribution is 6.07. The summed E-state index contributed by atoms with van der Waals surface area (Å²) < 4.78 is 0. The number of hydrogen-bond acceptors (Lipinski definition) is 2. The third-order valence-corrected chi connectivity index (χ3v) is 2.70. The van der Waals surface area contributed by atoms with Crippen molar-refractivity contribution in [2.45, 2.75) is 6.92 Å². The van der Waals surface area contributed by atoms with Gasteiger partial charge in [0.2, 0.25) is 0 Å². The van der Waals surface area contributed by atoms with E-state index in [0.29, 0.717) is 5.69 Å². The molecule has 0 aliphatic rings. The lowest BCUT2D eigenvalue weighted by atomic mass is 10.2. The fourth-order valence-corrected chi connectivity index (χ4v) is 1.82. The van der Waals surface area contributed by atoms with Crippen molar-refractivity contribution in [3.63, 3.8) is 0 Å². The first-order valence-corrected chi connectivity index (χ1v) is 6.10. The molecular weight excluding hydrogens is 236 g/mol. The van der Waals surface area contributed by atoms with Crippen molar-refractivity contribution in [3.8, 4) is 0 Å². The van der Waals surface area contributed by atoms with Gasteiger partial charge in [0.05, 0.1) is 0 Å². The van der Waals surface area contributed by atoms with Crippen LogP contribution in [-0.2, 0) is 4.79 Å². The molecule has 96 valence electrons. The van der Waals surface area contributed by atoms with Crippen LogP contribution in [0.1, 0.15) is 6.92 Å². The molecule has 0 saturated heterocycles. The van der Waals surface area contributed by atoms with Gasteiger partial charge in [0.15, 0.2) is 0 Å². The van der Waals surface area contributed by atoms with E-state index in [4.69, 9.17) is 5.73 Å². The van der Waals surface area contributed by atoms with Gasteiger partial charge in [-0.2, -0.15) is 0 Å². The molecule has 2 aromatic rings. The number of amides is 1. The van der Waals surface area contributed by atoms with E-state index in [2.05, 4.69) is 0 Å². The highest BCUT2D eigenvalue weighted by Crippen LogP contribution is 2.26. The van der Waals surface area contributed by atoms with E-state index in [1.165, 1.54) is 0 Å². The van der Waals surface area contributed by atoms with Crippen molar-refractivity contribution in [1.29, 1.82) is 0 Å². The Morgan fingerprint density at radius 1 is 1.00 bits per heavy atom. The van der Waals surface area contributed by atoms with Crippen molar-refractivity contribution in [1.82, 2.24) is 0 Å². The Hall–Kier alpha value is -2.55. The zero-order valence-corrected chi connectivity index (χ0v) is 10.8. The highest BCUT2D eigenvalue weighted by Gasteiger charge is 2.14. The molecule has 0 unspecified atom stereocenters. The van der Waals surface area contributed by atoms with Crippen LogP contribution >= 0.6 is 0 Å². The quantitative estimate of drug-likeness (QED) is 0.671. The minimum Gasteiger partial charge on any atom is -0.399 e. The molecule has 2 aromatic carbocycles. The molecule has 0 radical (unpaired) electrons. The minimum absolute atomic E-state index is 0.0847. The second kappa shape index (κ2) is 5.87. The van der Waals surface area contributed by atoms with Crippen LogP contribution in [0.4, 0.5) is 17.1 Å². The lowest BCUT2D eigenvalue weighted by Gasteiger charge is -2.21. The molecule has 0 aliphatic carbocycles. The Balaban J connectivity index is 2.45. The first-order valence-electron chi connectivity index (χ1n) is 6.10. The van der Waals surface area contributed by atoms with Gasteiger partial charge in [0.25, 0.3) is 5.91 Å². The maximum absolute atomic E-state index is 12.2. The minimum atomic E-state index is -0.0847. The first-order chi connectivity index (χ1) is 9.22. The second-order valence-corrected chi connectivity index (χ2v) is 4.10. The molecule has 1 amide bonds. The maximum Gasteiger partial charge on any atom is 0.255 e. The van der Waals surface area contributed by atoms with E-state index < -0.39 is 0 Å². The van der Waals surface area contributed by atoms with Crippen LogP contribution < -0.4 is 10.6 Å². The maximum atomic E-state index is 12.2. The van der Waals surface area contributed by atoms with Crippen molar-refractivity contribution in [2.24, 2.45) is 0 Å². The average Bonchev–Trinajstić information content (AvgIpc) is 2.43. The predicted octanol–water partition coefficient (Wildman–Crippen LogP) is 3.51. The molecule has 3 nitrogen and oxygen atoms in total. The lowest BCUT2D eigenvalue weighted by molar-refractivity contribution is -0.113. The standard InChI is InChI=1S/C16H16N2O/c1-2-6-16(19)18(14-7-4-3-5-8-14)15-11-9-13(17)10-12-15/h2-12H,17H2,1H3. The fraction of sp³-hybridized carbons (Fsp3) is 0.0625. The van der Waals surface area contributed by atoms with Crippen LogP contribution in [0.2, 0.25) is 0 Å². The largest absolute Gasteiger partial charge is 0.399 e. The summed E-state index contributed by atoms with van der Waals surface area (Å²) in [5.74, 6) is -0.0847. The van der Waals surface area contributed by atoms with Crippen LogP contribution in [0, 0.1) is 0 Å². The molecule has 3 heteroatoms. The van der Waals surface area contributed by atoms with E-state index >= 15 is 0 Å². The van der Waals surface area contributed by atoms with Gasteiger partial charge in [-0.25, -0.2) is 0 Å². The smallest absolute Gasteiger partial charge is 0.255 e. The summed E-state index contributed by atoms with van der Waals surface area (Å²) in [5.41, 5.74) is 7.98. The number of carbonyl (C=O) groups is 1. The number of hydrogen-bond donors (Lipinski definition) is 1. The Kier molecular flexibility index (Phi) is 3.98. The number of nitrogens with two attached hydrogens (primary N) is 1. The molecule has 0 atom stereocenters. The normalized spacial score (nSPS) is 10.6. The van der Waals surface area contributed by atoms with Gasteiger partial charge in [0.1, 0.15) is 0 Å². The number of para-hydroxylation sites is 1. The van der Waals surface area contributed by atoms with Crippen LogP contribution in [0.15, 0.2) is 66.7 Å². The Morgan fingerprint density at radius 3 is 2.16 bits per heavy atom. The van der Waals surface area contributed by atoms with Crippen LogP contribution in [0.3, 0.4) is 0 Å². The SMILES string of the molecule is CC=CC(=O)N(c1ccccc1)c1ccc(N)cc1. The summed E-state index contributed by atoms with van der Waals surface area (Å²) in [7, 11) is 0. The lowest BCUT2D eigenvalue weighted by Crippen LogP contribution is -2.23. The van der Waals surface area contributed by atoms with Gasteiger partial charge in [-0.15, -0.1) is 0 Å². The summed E-state index contributed by atoms with van der Waals surface area (Å²) in [4.78, 5) is 13.9. The van der Waals surface area contributed by atoms with Gasteiger partial charge in [-0.05, 0) is 49.4 Å². The van der Waals surface area contributed by atoms with Crippen molar-refractivity contribution >= 4 is 23.0 Å². The van der Waals surface area contributed by atoms with Gasteiger partial charge in [0, 0.05) is 17.1 Å². The topological polar surface area (TPSA) is 46.3 Å². The van der Waals surface area contributed by atoms with Crippen LogP contribution in [0.5, 0.6) is 0 Å². The number of benzene rings is 2. The second-order valence-electron chi connectivity index (χ2n) is 4.10. The molecule has 0 saturated carbocycles. The molecule has 0 bridgehead atoms. The molecule has 0 fully saturated rings. The fourth-order valence-electron chi connectivity index (χ4n) is 1.82. The van der Waals surface area contributed by atoms with E-state index in [1.54, 1.807) is 29.2 Å². The average molecular weight is 252 g/mol. The summed E-state index contributed by atoms with van der Waals surface area (Å²) in [5, 5.41) is 0. The molecule has 19 heavy (non-hydrogen) atoms. The Bertz CT molecular complexity index is 573. The molecule has 0 spiro atoms. The molecule has 0 aromatic heterocycles. The molecule has 0 aliphatic heterocycles. The zero-order valence-electron chi connectivity index (χ0n) is 10.8. The van der Waals surface area contributed by atoms with E-state index in [0.717, 1.165) is 11.4 Å². The van der Waals surface area contributed by atoms with Gasteiger partial charge < -0.3 is 5.73 Å². The molecule has 2 N–H and O–H groups in total. The van der Waals surface area contributed by atoms with Crippen molar-refractivity contribution in [2.75, 3.05) is 10.6 Å². The number of rotatable bonds is 3. The number of nitrogen functional groups attached to an aromatic ring is 1. The Labute approximate surface area is 113 Å². The Morgan fingerprint density at radius 2 is 1.58 bits per heavy atom. The highest BCUT2D eigenvalue weighted by atomic mass is 16.2. The molecule has 0 heterocycles. The summed E-state index contributed by atoms with van der Waals surface area (Å²) in [6, 6.07) is 16.8. The van der Waals surface area contributed by atoms with Crippen LogP contribution in [-0.4, -0.2) is 5.91 Å². The molecule has 2 rings (SSSR count).